The number of aliphatic imine (C=N–C) groups is 1. The summed E-state index contributed by atoms with van der Waals surface area (Å²) in [5.74, 6) is 3.32. The Labute approximate surface area is 191 Å². The van der Waals surface area contributed by atoms with Crippen molar-refractivity contribution in [2.24, 2.45) is 4.99 Å². The molecular weight excluding hydrogens is 404 g/mol. The summed E-state index contributed by atoms with van der Waals surface area (Å²) in [4.78, 5) is 13.8. The first-order chi connectivity index (χ1) is 15.7. The lowest BCUT2D eigenvalue weighted by molar-refractivity contribution is 0.270. The van der Waals surface area contributed by atoms with Crippen molar-refractivity contribution in [1.82, 2.24) is 20.5 Å². The molecule has 174 valence electrons. The minimum absolute atomic E-state index is 0.695. The first-order valence-electron chi connectivity index (χ1n) is 11.2. The van der Waals surface area contributed by atoms with Gasteiger partial charge in [-0.25, -0.2) is 4.98 Å². The molecule has 0 bridgehead atoms. The van der Waals surface area contributed by atoms with Crippen molar-refractivity contribution >= 4 is 11.8 Å². The maximum Gasteiger partial charge on any atom is 0.191 e. The number of guanidine groups is 1. The second-order valence-corrected chi connectivity index (χ2v) is 7.74. The van der Waals surface area contributed by atoms with Crippen LogP contribution in [0.3, 0.4) is 0 Å². The molecule has 0 atom stereocenters. The number of nitrogens with zero attached hydrogens (tertiary/aromatic N) is 4. The van der Waals surface area contributed by atoms with Crippen LogP contribution in [-0.4, -0.2) is 76.4 Å². The van der Waals surface area contributed by atoms with Gasteiger partial charge >= 0.3 is 0 Å². The third-order valence-corrected chi connectivity index (χ3v) is 5.79. The SMILES string of the molecule is CCN1CCN(c2cc(CNC(=NC)NCCc3ccc(OC)c(OC)c3)ccn2)CC1. The summed E-state index contributed by atoms with van der Waals surface area (Å²) in [7, 11) is 5.09. The number of benzene rings is 1. The van der Waals surface area contributed by atoms with Gasteiger partial charge in [-0.15, -0.1) is 0 Å². The molecule has 0 amide bonds. The smallest absolute Gasteiger partial charge is 0.191 e. The second kappa shape index (κ2) is 12.1. The van der Waals surface area contributed by atoms with E-state index in [1.54, 1.807) is 21.3 Å². The Morgan fingerprint density at radius 1 is 1.00 bits per heavy atom. The van der Waals surface area contributed by atoms with Crippen molar-refractivity contribution < 1.29 is 9.47 Å². The van der Waals surface area contributed by atoms with Crippen molar-refractivity contribution in [3.05, 3.63) is 47.7 Å². The van der Waals surface area contributed by atoms with Gasteiger partial charge < -0.3 is 29.9 Å². The number of piperazine rings is 1. The molecule has 1 fully saturated rings. The van der Waals surface area contributed by atoms with E-state index in [2.05, 4.69) is 55.5 Å². The minimum Gasteiger partial charge on any atom is -0.493 e. The minimum atomic E-state index is 0.695. The molecule has 0 aliphatic carbocycles. The van der Waals surface area contributed by atoms with Gasteiger partial charge in [-0.1, -0.05) is 13.0 Å². The molecule has 0 saturated carbocycles. The lowest BCUT2D eigenvalue weighted by Gasteiger charge is -2.34. The van der Waals surface area contributed by atoms with Crippen LogP contribution in [0.4, 0.5) is 5.82 Å². The van der Waals surface area contributed by atoms with E-state index in [1.807, 2.05) is 18.3 Å². The summed E-state index contributed by atoms with van der Waals surface area (Å²) < 4.78 is 10.7. The van der Waals surface area contributed by atoms with Gasteiger partial charge in [0.15, 0.2) is 17.5 Å². The third kappa shape index (κ3) is 6.50. The summed E-state index contributed by atoms with van der Waals surface area (Å²) in [6.07, 6.45) is 2.75. The molecule has 32 heavy (non-hydrogen) atoms. The number of rotatable bonds is 9. The van der Waals surface area contributed by atoms with Gasteiger partial charge in [0, 0.05) is 52.5 Å². The number of anilines is 1. The summed E-state index contributed by atoms with van der Waals surface area (Å²) in [6, 6.07) is 10.2. The normalized spacial score (nSPS) is 14.9. The Morgan fingerprint density at radius 3 is 2.47 bits per heavy atom. The molecule has 0 radical (unpaired) electrons. The molecule has 0 spiro atoms. The molecule has 8 nitrogen and oxygen atoms in total. The largest absolute Gasteiger partial charge is 0.493 e. The van der Waals surface area contributed by atoms with Crippen LogP contribution in [-0.2, 0) is 13.0 Å². The van der Waals surface area contributed by atoms with Gasteiger partial charge in [-0.05, 0) is 48.4 Å². The van der Waals surface area contributed by atoms with Gasteiger partial charge in [0.25, 0.3) is 0 Å². The summed E-state index contributed by atoms with van der Waals surface area (Å²) in [6.45, 7) is 9.03. The Bertz CT molecular complexity index is 881. The molecule has 2 N–H and O–H groups in total. The number of hydrogen-bond acceptors (Lipinski definition) is 6. The zero-order chi connectivity index (χ0) is 22.8. The monoisotopic (exact) mass is 440 g/mol. The predicted octanol–water partition coefficient (Wildman–Crippen LogP) is 2.15. The highest BCUT2D eigenvalue weighted by Crippen LogP contribution is 2.27. The number of hydrogen-bond donors (Lipinski definition) is 2. The second-order valence-electron chi connectivity index (χ2n) is 7.74. The summed E-state index contributed by atoms with van der Waals surface area (Å²) >= 11 is 0. The van der Waals surface area contributed by atoms with Crippen LogP contribution in [0.15, 0.2) is 41.5 Å². The highest BCUT2D eigenvalue weighted by Gasteiger charge is 2.16. The molecule has 1 aliphatic heterocycles. The van der Waals surface area contributed by atoms with Crippen LogP contribution in [0, 0.1) is 0 Å². The number of methoxy groups -OCH3 is 2. The average molecular weight is 441 g/mol. The van der Waals surface area contributed by atoms with E-state index in [-0.39, 0.29) is 0 Å². The fraction of sp³-hybridized carbons (Fsp3) is 0.500. The van der Waals surface area contributed by atoms with Crippen LogP contribution in [0.5, 0.6) is 11.5 Å². The van der Waals surface area contributed by atoms with Crippen molar-refractivity contribution in [3.63, 3.8) is 0 Å². The number of nitrogens with one attached hydrogen (secondary N) is 2. The number of aromatic nitrogens is 1. The average Bonchev–Trinajstić information content (AvgIpc) is 2.86. The molecule has 3 rings (SSSR count). The molecule has 1 aromatic carbocycles. The standard InChI is InChI=1S/C24H36N6O2/c1-5-29-12-14-30(15-13-29)23-17-20(9-10-26-23)18-28-24(25-2)27-11-8-19-6-7-21(31-3)22(16-19)32-4/h6-7,9-10,16-17H,5,8,11-15,18H2,1-4H3,(H2,25,27,28). The van der Waals surface area contributed by atoms with E-state index in [0.717, 1.165) is 69.0 Å². The Morgan fingerprint density at radius 2 is 1.78 bits per heavy atom. The molecule has 0 unspecified atom stereocenters. The van der Waals surface area contributed by atoms with Gasteiger partial charge in [0.2, 0.25) is 0 Å². The van der Waals surface area contributed by atoms with E-state index in [1.165, 1.54) is 11.1 Å². The molecule has 1 aliphatic rings. The van der Waals surface area contributed by atoms with Crippen molar-refractivity contribution in [2.45, 2.75) is 19.9 Å². The zero-order valence-electron chi connectivity index (χ0n) is 19.7. The Balaban J connectivity index is 1.47. The molecule has 2 aromatic rings. The molecule has 8 heteroatoms. The highest BCUT2D eigenvalue weighted by molar-refractivity contribution is 5.79. The molecule has 2 heterocycles. The maximum absolute atomic E-state index is 5.38. The highest BCUT2D eigenvalue weighted by atomic mass is 16.5. The van der Waals surface area contributed by atoms with E-state index in [9.17, 15) is 0 Å². The number of likely N-dealkylation sites (N-methyl/N-ethyl adjacent to an activating group) is 1. The lowest BCUT2D eigenvalue weighted by Crippen LogP contribution is -2.46. The van der Waals surface area contributed by atoms with Crippen LogP contribution in [0.2, 0.25) is 0 Å². The van der Waals surface area contributed by atoms with E-state index in [0.29, 0.717) is 6.54 Å². The van der Waals surface area contributed by atoms with E-state index < -0.39 is 0 Å². The topological polar surface area (TPSA) is 74.2 Å². The van der Waals surface area contributed by atoms with Gasteiger partial charge in [-0.3, -0.25) is 4.99 Å². The predicted molar refractivity (Wildman–Crippen MR) is 130 cm³/mol. The fourth-order valence-electron chi connectivity index (χ4n) is 3.80. The number of pyridine rings is 1. The van der Waals surface area contributed by atoms with Crippen LogP contribution in [0.25, 0.3) is 0 Å². The van der Waals surface area contributed by atoms with Gasteiger partial charge in [0.05, 0.1) is 14.2 Å². The molecule has 1 aromatic heterocycles. The molecular formula is C24H36N6O2. The van der Waals surface area contributed by atoms with Crippen LogP contribution < -0.4 is 25.0 Å². The zero-order valence-corrected chi connectivity index (χ0v) is 19.7. The first-order valence-corrected chi connectivity index (χ1v) is 11.2. The van der Waals surface area contributed by atoms with Crippen molar-refractivity contribution in [2.75, 3.05) is 65.4 Å². The first kappa shape index (κ1) is 23.7. The Hall–Kier alpha value is -3.00. The number of ether oxygens (including phenoxy) is 2. The lowest BCUT2D eigenvalue weighted by atomic mass is 10.1. The third-order valence-electron chi connectivity index (χ3n) is 5.79. The van der Waals surface area contributed by atoms with Crippen LogP contribution in [0.1, 0.15) is 18.1 Å². The van der Waals surface area contributed by atoms with Gasteiger partial charge in [0.1, 0.15) is 5.82 Å². The van der Waals surface area contributed by atoms with Crippen molar-refractivity contribution in [3.8, 4) is 11.5 Å². The fourth-order valence-corrected chi connectivity index (χ4v) is 3.80. The Kier molecular flexibility index (Phi) is 8.98. The quantitative estimate of drug-likeness (QED) is 0.457. The van der Waals surface area contributed by atoms with Crippen molar-refractivity contribution in [1.29, 1.82) is 0 Å². The van der Waals surface area contributed by atoms with E-state index >= 15 is 0 Å². The van der Waals surface area contributed by atoms with E-state index in [4.69, 9.17) is 9.47 Å². The maximum atomic E-state index is 5.38. The summed E-state index contributed by atoms with van der Waals surface area (Å²) in [5, 5.41) is 6.78. The summed E-state index contributed by atoms with van der Waals surface area (Å²) in [5.41, 5.74) is 2.36. The van der Waals surface area contributed by atoms with Gasteiger partial charge in [-0.2, -0.15) is 0 Å². The van der Waals surface area contributed by atoms with Crippen LogP contribution >= 0.6 is 0 Å². The molecule has 1 saturated heterocycles.